The van der Waals surface area contributed by atoms with E-state index < -0.39 is 17.5 Å². The number of hydrogen-bond acceptors (Lipinski definition) is 7. The van der Waals surface area contributed by atoms with Crippen molar-refractivity contribution in [1.82, 2.24) is 10.6 Å². The van der Waals surface area contributed by atoms with Crippen LogP contribution in [-0.4, -0.2) is 54.9 Å². The van der Waals surface area contributed by atoms with Gasteiger partial charge < -0.3 is 25.6 Å². The number of rotatable bonds is 5. The van der Waals surface area contributed by atoms with Crippen LogP contribution in [0.15, 0.2) is 18.2 Å². The number of phenols is 2. The molecule has 0 aliphatic heterocycles. The van der Waals surface area contributed by atoms with Crippen LogP contribution in [0.3, 0.4) is 0 Å². The van der Waals surface area contributed by atoms with E-state index in [4.69, 9.17) is 4.74 Å². The van der Waals surface area contributed by atoms with E-state index in [1.54, 1.807) is 19.2 Å². The average molecular weight is 424 g/mol. The van der Waals surface area contributed by atoms with Gasteiger partial charge in [0.15, 0.2) is 5.78 Å². The fraction of sp³-hybridized carbons (Fsp3) is 0.348. The van der Waals surface area contributed by atoms with Gasteiger partial charge in [0.1, 0.15) is 17.2 Å². The predicted octanol–water partition coefficient (Wildman–Crippen LogP) is 1.32. The zero-order valence-electron chi connectivity index (χ0n) is 17.4. The Morgan fingerprint density at radius 3 is 2.48 bits per heavy atom. The summed E-state index contributed by atoms with van der Waals surface area (Å²) in [6, 6.07) is 4.66. The third kappa shape index (κ3) is 3.23. The molecule has 0 spiro atoms. The fourth-order valence-corrected chi connectivity index (χ4v) is 4.49. The van der Waals surface area contributed by atoms with Crippen LogP contribution in [0.2, 0.25) is 0 Å². The first-order valence-corrected chi connectivity index (χ1v) is 10.2. The van der Waals surface area contributed by atoms with Crippen molar-refractivity contribution in [1.29, 1.82) is 0 Å². The Kier molecular flexibility index (Phi) is 5.41. The Hall–Kier alpha value is -3.39. The van der Waals surface area contributed by atoms with Crippen LogP contribution >= 0.6 is 0 Å². The first-order valence-electron chi connectivity index (χ1n) is 10.2. The highest BCUT2D eigenvalue weighted by Gasteiger charge is 2.41. The van der Waals surface area contributed by atoms with E-state index in [0.29, 0.717) is 37.1 Å². The number of phenolic OH excluding ortho intramolecular Hbond substituents is 2. The van der Waals surface area contributed by atoms with Crippen LogP contribution < -0.4 is 15.4 Å². The summed E-state index contributed by atoms with van der Waals surface area (Å²) in [6.07, 6.45) is 0.957. The van der Waals surface area contributed by atoms with E-state index in [1.165, 1.54) is 13.2 Å². The lowest BCUT2D eigenvalue weighted by Crippen LogP contribution is -2.37. The molecule has 2 aliphatic rings. The molecular weight excluding hydrogens is 400 g/mol. The monoisotopic (exact) mass is 424 g/mol. The number of fused-ring (bicyclic) bond motifs is 3. The van der Waals surface area contributed by atoms with Crippen molar-refractivity contribution in [3.05, 3.63) is 51.6 Å². The van der Waals surface area contributed by atoms with Crippen LogP contribution in [0.4, 0.5) is 0 Å². The van der Waals surface area contributed by atoms with Gasteiger partial charge in [-0.25, -0.2) is 0 Å². The zero-order chi connectivity index (χ0) is 22.3. The molecule has 0 saturated heterocycles. The van der Waals surface area contributed by atoms with Crippen LogP contribution in [0, 0.1) is 5.92 Å². The highest BCUT2D eigenvalue weighted by molar-refractivity contribution is 6.31. The number of likely N-dealkylation sites (N-methyl/N-ethyl adjacent to an activating group) is 1. The van der Waals surface area contributed by atoms with E-state index in [2.05, 4.69) is 10.6 Å². The number of carbonyl (C=O) groups excluding carboxylic acids is 3. The number of methoxy groups -OCH3 is 1. The topological polar surface area (TPSA) is 125 Å². The molecule has 0 saturated carbocycles. The number of ether oxygens (including phenoxy) is 1. The van der Waals surface area contributed by atoms with Gasteiger partial charge in [0.05, 0.1) is 23.8 Å². The van der Waals surface area contributed by atoms with Crippen molar-refractivity contribution in [2.45, 2.75) is 19.3 Å². The summed E-state index contributed by atoms with van der Waals surface area (Å²) in [5.41, 5.74) is 0.547. The molecule has 31 heavy (non-hydrogen) atoms. The van der Waals surface area contributed by atoms with Gasteiger partial charge in [-0.3, -0.25) is 14.4 Å². The lowest BCUT2D eigenvalue weighted by Gasteiger charge is -2.29. The molecule has 2 aromatic rings. The molecule has 162 valence electrons. The van der Waals surface area contributed by atoms with Crippen LogP contribution in [0.5, 0.6) is 17.2 Å². The maximum absolute atomic E-state index is 13.2. The molecule has 0 bridgehead atoms. The normalized spacial score (nSPS) is 16.9. The molecule has 1 atom stereocenters. The molecule has 8 heteroatoms. The molecular formula is C23H24N2O6. The zero-order valence-corrected chi connectivity index (χ0v) is 17.4. The summed E-state index contributed by atoms with van der Waals surface area (Å²) in [5.74, 6) is -2.06. The van der Waals surface area contributed by atoms with E-state index in [0.717, 1.165) is 0 Å². The van der Waals surface area contributed by atoms with E-state index in [9.17, 15) is 24.6 Å². The maximum Gasteiger partial charge on any atom is 0.223 e. The number of amides is 1. The number of aromatic hydroxyl groups is 2. The van der Waals surface area contributed by atoms with Gasteiger partial charge in [0.2, 0.25) is 11.7 Å². The Labute approximate surface area is 179 Å². The standard InChI is InChI=1S/C23H24N2O6/c1-24-8-9-25-23(30)11-6-7-12-14(10-11)21(28)17-18(19(12)26)22(29)16-13(20(17)27)4-3-5-15(16)31-2/h3-5,11,24,26,28H,6-10H2,1-2H3,(H,25,30)/t11-/m0/s1. The van der Waals surface area contributed by atoms with Crippen molar-refractivity contribution < 1.29 is 29.3 Å². The fourth-order valence-electron chi connectivity index (χ4n) is 4.49. The average Bonchev–Trinajstić information content (AvgIpc) is 2.78. The second-order valence-electron chi connectivity index (χ2n) is 7.78. The number of hydrogen-bond donors (Lipinski definition) is 4. The second kappa shape index (κ2) is 8.03. The summed E-state index contributed by atoms with van der Waals surface area (Å²) >= 11 is 0. The van der Waals surface area contributed by atoms with E-state index in [1.807, 2.05) is 0 Å². The van der Waals surface area contributed by atoms with Crippen molar-refractivity contribution in [2.24, 2.45) is 5.92 Å². The highest BCUT2D eigenvalue weighted by atomic mass is 16.5. The van der Waals surface area contributed by atoms with Gasteiger partial charge in [-0.15, -0.1) is 0 Å². The van der Waals surface area contributed by atoms with Gasteiger partial charge in [-0.2, -0.15) is 0 Å². The Bertz CT molecular complexity index is 1110. The molecule has 1 amide bonds. The first kappa shape index (κ1) is 20.9. The SMILES string of the molecule is CNCCNC(=O)[C@H]1CCc2c(O)c3c(c(O)c2C1)C(=O)c1cccc(OC)c1C3=O. The van der Waals surface area contributed by atoms with Gasteiger partial charge in [0.25, 0.3) is 0 Å². The molecule has 0 unspecified atom stereocenters. The second-order valence-corrected chi connectivity index (χ2v) is 7.78. The van der Waals surface area contributed by atoms with Crippen molar-refractivity contribution in [3.8, 4) is 17.2 Å². The molecule has 0 fully saturated rings. The number of nitrogens with one attached hydrogen (secondary N) is 2. The van der Waals surface area contributed by atoms with Crippen LogP contribution in [0.1, 0.15) is 49.4 Å². The summed E-state index contributed by atoms with van der Waals surface area (Å²) < 4.78 is 5.24. The maximum atomic E-state index is 13.2. The number of ketones is 2. The van der Waals surface area contributed by atoms with Gasteiger partial charge >= 0.3 is 0 Å². The molecule has 0 aromatic heterocycles. The smallest absolute Gasteiger partial charge is 0.223 e. The molecule has 0 radical (unpaired) electrons. The minimum absolute atomic E-state index is 0.0785. The van der Waals surface area contributed by atoms with Gasteiger partial charge in [-0.05, 0) is 32.4 Å². The summed E-state index contributed by atoms with van der Waals surface area (Å²) in [5, 5.41) is 27.7. The summed E-state index contributed by atoms with van der Waals surface area (Å²) in [4.78, 5) is 38.9. The highest BCUT2D eigenvalue weighted by Crippen LogP contribution is 2.47. The summed E-state index contributed by atoms with van der Waals surface area (Å²) in [7, 11) is 3.19. The van der Waals surface area contributed by atoms with Gasteiger partial charge in [0, 0.05) is 35.7 Å². The van der Waals surface area contributed by atoms with Crippen molar-refractivity contribution >= 4 is 17.5 Å². The van der Waals surface area contributed by atoms with E-state index >= 15 is 0 Å². The molecule has 4 N–H and O–H groups in total. The molecule has 2 aliphatic carbocycles. The van der Waals surface area contributed by atoms with Crippen LogP contribution in [-0.2, 0) is 17.6 Å². The minimum atomic E-state index is -0.565. The quantitative estimate of drug-likeness (QED) is 0.360. The number of benzene rings is 2. The molecule has 4 rings (SSSR count). The van der Waals surface area contributed by atoms with Crippen molar-refractivity contribution in [2.75, 3.05) is 27.2 Å². The van der Waals surface area contributed by atoms with E-state index in [-0.39, 0.29) is 51.8 Å². The van der Waals surface area contributed by atoms with Gasteiger partial charge in [-0.1, -0.05) is 12.1 Å². The van der Waals surface area contributed by atoms with Crippen LogP contribution in [0.25, 0.3) is 0 Å². The minimum Gasteiger partial charge on any atom is -0.507 e. The number of carbonyl (C=O) groups is 3. The predicted molar refractivity (Wildman–Crippen MR) is 112 cm³/mol. The third-order valence-electron chi connectivity index (χ3n) is 6.07. The lowest BCUT2D eigenvalue weighted by molar-refractivity contribution is -0.125. The largest absolute Gasteiger partial charge is 0.507 e. The summed E-state index contributed by atoms with van der Waals surface area (Å²) in [6.45, 7) is 1.11. The molecule has 0 heterocycles. The van der Waals surface area contributed by atoms with Crippen molar-refractivity contribution in [3.63, 3.8) is 0 Å². The third-order valence-corrected chi connectivity index (χ3v) is 6.07. The first-order chi connectivity index (χ1) is 14.9. The lowest BCUT2D eigenvalue weighted by atomic mass is 9.75. The Balaban J connectivity index is 1.78. The molecule has 2 aromatic carbocycles. The molecule has 8 nitrogen and oxygen atoms in total. The Morgan fingerprint density at radius 2 is 1.77 bits per heavy atom. The Morgan fingerprint density at radius 1 is 1.06 bits per heavy atom.